The summed E-state index contributed by atoms with van der Waals surface area (Å²) >= 11 is 7.50. The number of hydrogen-bond acceptors (Lipinski definition) is 4. The zero-order valence-electron chi connectivity index (χ0n) is 13.4. The summed E-state index contributed by atoms with van der Waals surface area (Å²) in [6, 6.07) is 5.71. The lowest BCUT2D eigenvalue weighted by Gasteiger charge is -2.10. The molecule has 1 N–H and O–H groups in total. The van der Waals surface area contributed by atoms with Crippen LogP contribution in [0.2, 0.25) is 5.02 Å². The molecule has 0 aliphatic rings. The van der Waals surface area contributed by atoms with E-state index in [-0.39, 0.29) is 12.5 Å². The molecule has 0 saturated heterocycles. The molecule has 1 heterocycles. The van der Waals surface area contributed by atoms with Gasteiger partial charge >= 0.3 is 0 Å². The number of carbonyl (C=O) groups excluding carboxylic acids is 1. The van der Waals surface area contributed by atoms with Crippen LogP contribution in [0.15, 0.2) is 12.1 Å². The Morgan fingerprint density at radius 3 is 2.48 bits per heavy atom. The lowest BCUT2D eigenvalue weighted by molar-refractivity contribution is -0.118. The predicted molar refractivity (Wildman–Crippen MR) is 93.6 cm³/mol. The second-order valence-electron chi connectivity index (χ2n) is 5.31. The van der Waals surface area contributed by atoms with Crippen molar-refractivity contribution in [1.82, 2.24) is 0 Å². The number of rotatable bonds is 4. The molecule has 0 fully saturated rings. The summed E-state index contributed by atoms with van der Waals surface area (Å²) in [6.07, 6.45) is 0. The van der Waals surface area contributed by atoms with Crippen molar-refractivity contribution in [2.45, 2.75) is 27.7 Å². The zero-order chi connectivity index (χ0) is 17.1. The van der Waals surface area contributed by atoms with Crippen LogP contribution in [0, 0.1) is 39.0 Å². The highest BCUT2D eigenvalue weighted by Crippen LogP contribution is 2.31. The lowest BCUT2D eigenvalue weighted by atomic mass is 10.1. The molecule has 1 aromatic heterocycles. The van der Waals surface area contributed by atoms with Crippen LogP contribution < -0.4 is 10.1 Å². The Labute approximate surface area is 144 Å². The summed E-state index contributed by atoms with van der Waals surface area (Å²) in [5.41, 5.74) is 3.22. The highest BCUT2D eigenvalue weighted by atomic mass is 35.5. The fourth-order valence-electron chi connectivity index (χ4n) is 2.15. The number of amides is 1. The van der Waals surface area contributed by atoms with Crippen LogP contribution in [0.4, 0.5) is 5.00 Å². The van der Waals surface area contributed by atoms with E-state index in [1.165, 1.54) is 11.3 Å². The Bertz CT molecular complexity index is 783. The minimum absolute atomic E-state index is 0.124. The monoisotopic (exact) mass is 348 g/mol. The molecular formula is C17H17ClN2O2S. The highest BCUT2D eigenvalue weighted by Gasteiger charge is 2.15. The number of benzene rings is 1. The Balaban J connectivity index is 2.04. The van der Waals surface area contributed by atoms with Gasteiger partial charge in [0.05, 0.1) is 5.56 Å². The summed E-state index contributed by atoms with van der Waals surface area (Å²) in [7, 11) is 0. The first-order valence-electron chi connectivity index (χ1n) is 7.03. The predicted octanol–water partition coefficient (Wildman–Crippen LogP) is 4.52. The van der Waals surface area contributed by atoms with Gasteiger partial charge in [-0.25, -0.2) is 0 Å². The van der Waals surface area contributed by atoms with E-state index >= 15 is 0 Å². The molecular weight excluding hydrogens is 332 g/mol. The standard InChI is InChI=1S/C17H17ClN2O2S/c1-9-5-13(6-10(2)16(9)18)22-8-15(21)20-17-14(7-19)11(3)12(4)23-17/h5-6H,8H2,1-4H3,(H,20,21). The number of anilines is 1. The van der Waals surface area contributed by atoms with Crippen LogP contribution in [0.5, 0.6) is 5.75 Å². The normalized spacial score (nSPS) is 10.3. The average molecular weight is 349 g/mol. The molecule has 2 rings (SSSR count). The van der Waals surface area contributed by atoms with E-state index in [9.17, 15) is 10.1 Å². The number of nitrogens with one attached hydrogen (secondary N) is 1. The van der Waals surface area contributed by atoms with Crippen molar-refractivity contribution >= 4 is 33.8 Å². The first-order valence-corrected chi connectivity index (χ1v) is 8.22. The molecule has 0 unspecified atom stereocenters. The van der Waals surface area contributed by atoms with E-state index in [0.29, 0.717) is 21.3 Å². The number of nitrogens with zero attached hydrogens (tertiary/aromatic N) is 1. The topological polar surface area (TPSA) is 62.1 Å². The molecule has 6 heteroatoms. The van der Waals surface area contributed by atoms with Crippen molar-refractivity contribution in [3.8, 4) is 11.8 Å². The molecule has 23 heavy (non-hydrogen) atoms. The fourth-order valence-corrected chi connectivity index (χ4v) is 3.29. The number of carbonyl (C=O) groups is 1. The number of hydrogen-bond donors (Lipinski definition) is 1. The van der Waals surface area contributed by atoms with Crippen LogP contribution in [0.25, 0.3) is 0 Å². The SMILES string of the molecule is Cc1cc(OCC(=O)Nc2sc(C)c(C)c2C#N)cc(C)c1Cl. The second kappa shape index (κ2) is 7.03. The number of halogens is 1. The van der Waals surface area contributed by atoms with Gasteiger partial charge in [0.2, 0.25) is 0 Å². The highest BCUT2D eigenvalue weighted by molar-refractivity contribution is 7.16. The van der Waals surface area contributed by atoms with Gasteiger partial charge in [0.1, 0.15) is 16.8 Å². The van der Waals surface area contributed by atoms with Gasteiger partial charge in [-0.2, -0.15) is 5.26 Å². The summed E-state index contributed by atoms with van der Waals surface area (Å²) in [4.78, 5) is 13.1. The summed E-state index contributed by atoms with van der Waals surface area (Å²) in [5, 5.41) is 13.2. The maximum Gasteiger partial charge on any atom is 0.262 e. The van der Waals surface area contributed by atoms with Gasteiger partial charge in [-0.1, -0.05) is 11.6 Å². The molecule has 120 valence electrons. The van der Waals surface area contributed by atoms with E-state index in [1.54, 1.807) is 12.1 Å². The minimum atomic E-state index is -0.298. The molecule has 1 aromatic carbocycles. The third kappa shape index (κ3) is 3.84. The Morgan fingerprint density at radius 2 is 1.91 bits per heavy atom. The van der Waals surface area contributed by atoms with Gasteiger partial charge in [0.25, 0.3) is 5.91 Å². The van der Waals surface area contributed by atoms with E-state index in [4.69, 9.17) is 16.3 Å². The maximum atomic E-state index is 12.0. The van der Waals surface area contributed by atoms with Gasteiger partial charge in [0.15, 0.2) is 6.61 Å². The molecule has 0 saturated carbocycles. The van der Waals surface area contributed by atoms with Crippen molar-refractivity contribution in [1.29, 1.82) is 5.26 Å². The van der Waals surface area contributed by atoms with Gasteiger partial charge in [0, 0.05) is 9.90 Å². The van der Waals surface area contributed by atoms with Gasteiger partial charge in [-0.15, -0.1) is 11.3 Å². The maximum absolute atomic E-state index is 12.0. The third-order valence-corrected chi connectivity index (χ3v) is 5.25. The summed E-state index contributed by atoms with van der Waals surface area (Å²) in [6.45, 7) is 7.45. The molecule has 0 atom stereocenters. The van der Waals surface area contributed by atoms with Crippen LogP contribution in [0.3, 0.4) is 0 Å². The summed E-state index contributed by atoms with van der Waals surface area (Å²) < 4.78 is 5.52. The number of ether oxygens (including phenoxy) is 1. The first kappa shape index (κ1) is 17.3. The van der Waals surface area contributed by atoms with Crippen LogP contribution in [-0.2, 0) is 4.79 Å². The fraction of sp³-hybridized carbons (Fsp3) is 0.294. The van der Waals surface area contributed by atoms with Crippen molar-refractivity contribution in [2.75, 3.05) is 11.9 Å². The number of thiophene rings is 1. The van der Waals surface area contributed by atoms with Gasteiger partial charge < -0.3 is 10.1 Å². The lowest BCUT2D eigenvalue weighted by Crippen LogP contribution is -2.20. The van der Waals surface area contributed by atoms with E-state index < -0.39 is 0 Å². The van der Waals surface area contributed by atoms with Crippen molar-refractivity contribution in [3.05, 3.63) is 44.3 Å². The van der Waals surface area contributed by atoms with Crippen LogP contribution in [-0.4, -0.2) is 12.5 Å². The molecule has 4 nitrogen and oxygen atoms in total. The molecule has 0 aliphatic heterocycles. The van der Waals surface area contributed by atoms with E-state index in [2.05, 4.69) is 11.4 Å². The van der Waals surface area contributed by atoms with Crippen LogP contribution >= 0.6 is 22.9 Å². The number of aryl methyl sites for hydroxylation is 3. The molecule has 1 amide bonds. The van der Waals surface area contributed by atoms with E-state index in [1.807, 2.05) is 27.7 Å². The molecule has 0 spiro atoms. The van der Waals surface area contributed by atoms with Gasteiger partial charge in [-0.3, -0.25) is 4.79 Å². The van der Waals surface area contributed by atoms with Crippen molar-refractivity contribution in [3.63, 3.8) is 0 Å². The number of nitriles is 1. The first-order chi connectivity index (χ1) is 10.8. The molecule has 2 aromatic rings. The minimum Gasteiger partial charge on any atom is -0.484 e. The quantitative estimate of drug-likeness (QED) is 0.883. The van der Waals surface area contributed by atoms with Crippen LogP contribution in [0.1, 0.15) is 27.1 Å². The zero-order valence-corrected chi connectivity index (χ0v) is 15.0. The van der Waals surface area contributed by atoms with E-state index in [0.717, 1.165) is 21.6 Å². The second-order valence-corrected chi connectivity index (χ2v) is 6.91. The Kier molecular flexibility index (Phi) is 5.30. The smallest absolute Gasteiger partial charge is 0.262 e. The third-order valence-electron chi connectivity index (χ3n) is 3.53. The van der Waals surface area contributed by atoms with Crippen molar-refractivity contribution in [2.24, 2.45) is 0 Å². The average Bonchev–Trinajstić information content (AvgIpc) is 2.76. The Hall–Kier alpha value is -2.03. The largest absolute Gasteiger partial charge is 0.484 e. The Morgan fingerprint density at radius 1 is 1.30 bits per heavy atom. The van der Waals surface area contributed by atoms with Gasteiger partial charge in [-0.05, 0) is 56.5 Å². The molecule has 0 bridgehead atoms. The summed E-state index contributed by atoms with van der Waals surface area (Å²) in [5.74, 6) is 0.298. The van der Waals surface area contributed by atoms with Crippen molar-refractivity contribution < 1.29 is 9.53 Å². The molecule has 0 radical (unpaired) electrons. The molecule has 0 aliphatic carbocycles.